The standard InChI is InChI=1S/C24H42N6O4/c1-5-8-14-29(20-21(25)30(12-7-3)24(34)27-23(20)33)19(31)16-28-13-9-11-18(15-28)22(32)26-17(4)10-6-2/h17-18H,5-16,25H2,1-4H3,(H,26,32)(H,27,33,34). The maximum atomic E-state index is 13.4. The number of amides is 2. The third-order valence-electron chi connectivity index (χ3n) is 6.31. The first-order valence-corrected chi connectivity index (χ1v) is 12.7. The Morgan fingerprint density at radius 2 is 1.94 bits per heavy atom. The molecule has 1 aliphatic rings. The van der Waals surface area contributed by atoms with Crippen molar-refractivity contribution >= 4 is 23.3 Å². The normalized spacial score (nSPS) is 17.4. The van der Waals surface area contributed by atoms with Gasteiger partial charge >= 0.3 is 5.69 Å². The quantitative estimate of drug-likeness (QED) is 0.419. The minimum absolute atomic E-state index is 0.0147. The van der Waals surface area contributed by atoms with Gasteiger partial charge in [0.15, 0.2) is 5.69 Å². The molecule has 0 bridgehead atoms. The molecule has 2 amide bonds. The zero-order valence-corrected chi connectivity index (χ0v) is 21.2. The summed E-state index contributed by atoms with van der Waals surface area (Å²) in [4.78, 5) is 56.7. The minimum atomic E-state index is -0.653. The molecule has 2 unspecified atom stereocenters. The lowest BCUT2D eigenvalue weighted by molar-refractivity contribution is -0.128. The van der Waals surface area contributed by atoms with Gasteiger partial charge in [-0.05, 0) is 45.6 Å². The van der Waals surface area contributed by atoms with E-state index in [2.05, 4.69) is 17.2 Å². The lowest BCUT2D eigenvalue weighted by Gasteiger charge is -2.34. The Kier molecular flexibility index (Phi) is 10.8. The summed E-state index contributed by atoms with van der Waals surface area (Å²) in [5, 5.41) is 3.08. The average Bonchev–Trinajstić information content (AvgIpc) is 2.78. The zero-order chi connectivity index (χ0) is 25.3. The van der Waals surface area contributed by atoms with Crippen molar-refractivity contribution in [3.63, 3.8) is 0 Å². The molecule has 1 aliphatic heterocycles. The highest BCUT2D eigenvalue weighted by molar-refractivity contribution is 5.96. The van der Waals surface area contributed by atoms with Crippen molar-refractivity contribution in [2.75, 3.05) is 36.8 Å². The lowest BCUT2D eigenvalue weighted by atomic mass is 9.96. The molecular weight excluding hydrogens is 436 g/mol. The molecule has 0 spiro atoms. The number of hydrogen-bond acceptors (Lipinski definition) is 6. The van der Waals surface area contributed by atoms with Crippen LogP contribution < -0.4 is 27.2 Å². The van der Waals surface area contributed by atoms with E-state index in [1.165, 1.54) is 9.47 Å². The van der Waals surface area contributed by atoms with Crippen molar-refractivity contribution in [3.8, 4) is 0 Å². The van der Waals surface area contributed by atoms with Crippen LogP contribution in [0, 0.1) is 5.92 Å². The molecular formula is C24H42N6O4. The number of aromatic amines is 1. The number of carbonyl (C=O) groups excluding carboxylic acids is 2. The van der Waals surface area contributed by atoms with Crippen LogP contribution >= 0.6 is 0 Å². The first kappa shape index (κ1) is 27.6. The molecule has 10 heteroatoms. The van der Waals surface area contributed by atoms with E-state index in [1.807, 2.05) is 25.7 Å². The molecule has 0 radical (unpaired) electrons. The topological polar surface area (TPSA) is 134 Å². The molecule has 0 saturated carbocycles. The van der Waals surface area contributed by atoms with Crippen LogP contribution in [0.15, 0.2) is 9.59 Å². The van der Waals surface area contributed by atoms with Crippen molar-refractivity contribution in [2.24, 2.45) is 5.92 Å². The third-order valence-corrected chi connectivity index (χ3v) is 6.31. The molecule has 0 aromatic carbocycles. The van der Waals surface area contributed by atoms with Gasteiger partial charge in [-0.3, -0.25) is 28.8 Å². The van der Waals surface area contributed by atoms with Gasteiger partial charge in [-0.1, -0.05) is 33.6 Å². The third kappa shape index (κ3) is 7.19. The molecule has 1 saturated heterocycles. The first-order valence-electron chi connectivity index (χ1n) is 12.7. The Morgan fingerprint density at radius 3 is 2.59 bits per heavy atom. The summed E-state index contributed by atoms with van der Waals surface area (Å²) in [7, 11) is 0. The summed E-state index contributed by atoms with van der Waals surface area (Å²) in [6, 6.07) is 0.132. The van der Waals surface area contributed by atoms with E-state index < -0.39 is 11.2 Å². The Hall–Kier alpha value is -2.62. The highest BCUT2D eigenvalue weighted by atomic mass is 16.2. The maximum absolute atomic E-state index is 13.4. The van der Waals surface area contributed by atoms with Gasteiger partial charge in [-0.25, -0.2) is 4.79 Å². The van der Waals surface area contributed by atoms with Gasteiger partial charge < -0.3 is 16.0 Å². The van der Waals surface area contributed by atoms with Gasteiger partial charge in [0, 0.05) is 25.7 Å². The molecule has 1 fully saturated rings. The molecule has 1 aromatic rings. The van der Waals surface area contributed by atoms with E-state index in [4.69, 9.17) is 5.73 Å². The molecule has 2 heterocycles. The molecule has 1 aromatic heterocycles. The summed E-state index contributed by atoms with van der Waals surface area (Å²) in [6.45, 7) is 9.99. The Morgan fingerprint density at radius 1 is 1.21 bits per heavy atom. The molecule has 0 aliphatic carbocycles. The van der Waals surface area contributed by atoms with Crippen molar-refractivity contribution in [1.82, 2.24) is 19.8 Å². The van der Waals surface area contributed by atoms with Crippen LogP contribution in [0.2, 0.25) is 0 Å². The molecule has 2 atom stereocenters. The average molecular weight is 479 g/mol. The van der Waals surface area contributed by atoms with Crippen LogP contribution in [-0.4, -0.2) is 58.5 Å². The number of likely N-dealkylation sites (tertiary alicyclic amines) is 1. The summed E-state index contributed by atoms with van der Waals surface area (Å²) in [6.07, 6.45) is 5.75. The highest BCUT2D eigenvalue weighted by Gasteiger charge is 2.30. The Labute approximate surface area is 201 Å². The Bertz CT molecular complexity index is 940. The number of nitrogens with zero attached hydrogens (tertiary/aromatic N) is 3. The van der Waals surface area contributed by atoms with Crippen LogP contribution in [0.1, 0.15) is 72.6 Å². The second-order valence-electron chi connectivity index (χ2n) is 9.32. The minimum Gasteiger partial charge on any atom is -0.383 e. The number of unbranched alkanes of at least 4 members (excludes halogenated alkanes) is 1. The molecule has 4 N–H and O–H groups in total. The number of H-pyrrole nitrogens is 1. The largest absolute Gasteiger partial charge is 0.383 e. The monoisotopic (exact) mass is 478 g/mol. The number of rotatable bonds is 12. The van der Waals surface area contributed by atoms with Crippen molar-refractivity contribution in [3.05, 3.63) is 20.8 Å². The van der Waals surface area contributed by atoms with Crippen LogP contribution in [0.4, 0.5) is 11.5 Å². The van der Waals surface area contributed by atoms with Crippen LogP contribution in [0.5, 0.6) is 0 Å². The van der Waals surface area contributed by atoms with Gasteiger partial charge in [-0.2, -0.15) is 0 Å². The predicted octanol–water partition coefficient (Wildman–Crippen LogP) is 1.68. The van der Waals surface area contributed by atoms with Crippen LogP contribution in [0.3, 0.4) is 0 Å². The number of anilines is 2. The van der Waals surface area contributed by atoms with E-state index in [9.17, 15) is 19.2 Å². The van der Waals surface area contributed by atoms with Gasteiger partial charge in [0.2, 0.25) is 11.8 Å². The smallest absolute Gasteiger partial charge is 0.330 e. The van der Waals surface area contributed by atoms with E-state index in [-0.39, 0.29) is 41.8 Å². The van der Waals surface area contributed by atoms with Gasteiger partial charge in [0.25, 0.3) is 5.56 Å². The second kappa shape index (κ2) is 13.3. The number of hydrogen-bond donors (Lipinski definition) is 3. The van der Waals surface area contributed by atoms with Crippen molar-refractivity contribution in [1.29, 1.82) is 0 Å². The van der Waals surface area contributed by atoms with E-state index in [1.54, 1.807) is 0 Å². The summed E-state index contributed by atoms with van der Waals surface area (Å²) >= 11 is 0. The van der Waals surface area contributed by atoms with E-state index >= 15 is 0 Å². The summed E-state index contributed by atoms with van der Waals surface area (Å²) < 4.78 is 1.31. The van der Waals surface area contributed by atoms with Crippen molar-refractivity contribution < 1.29 is 9.59 Å². The van der Waals surface area contributed by atoms with Gasteiger partial charge in [0.1, 0.15) is 5.82 Å². The number of nitrogen functional groups attached to an aromatic ring is 1. The second-order valence-corrected chi connectivity index (χ2v) is 9.32. The fourth-order valence-electron chi connectivity index (χ4n) is 4.52. The molecule has 10 nitrogen and oxygen atoms in total. The molecule has 34 heavy (non-hydrogen) atoms. The number of nitrogens with one attached hydrogen (secondary N) is 2. The number of aromatic nitrogens is 2. The lowest BCUT2D eigenvalue weighted by Crippen LogP contribution is -2.50. The SMILES string of the molecule is CCCCN(C(=O)CN1CCCC(C(=O)NC(C)CCC)C1)c1c(N)n(CCC)c(=O)[nH]c1=O. The zero-order valence-electron chi connectivity index (χ0n) is 21.2. The first-order chi connectivity index (χ1) is 16.2. The van der Waals surface area contributed by atoms with Gasteiger partial charge in [0.05, 0.1) is 12.5 Å². The van der Waals surface area contributed by atoms with Crippen LogP contribution in [-0.2, 0) is 16.1 Å². The fraction of sp³-hybridized carbons (Fsp3) is 0.750. The summed E-state index contributed by atoms with van der Waals surface area (Å²) in [5.74, 6) is -0.369. The molecule has 2 rings (SSSR count). The number of nitrogens with two attached hydrogens (primary N) is 1. The summed E-state index contributed by atoms with van der Waals surface area (Å²) in [5.41, 5.74) is 5.04. The number of carbonyl (C=O) groups is 2. The van der Waals surface area contributed by atoms with Crippen molar-refractivity contribution in [2.45, 2.75) is 85.2 Å². The fourth-order valence-corrected chi connectivity index (χ4v) is 4.52. The predicted molar refractivity (Wildman–Crippen MR) is 135 cm³/mol. The highest BCUT2D eigenvalue weighted by Crippen LogP contribution is 2.21. The van der Waals surface area contributed by atoms with Crippen LogP contribution in [0.25, 0.3) is 0 Å². The Balaban J connectivity index is 2.20. The molecule has 192 valence electrons. The van der Waals surface area contributed by atoms with E-state index in [0.29, 0.717) is 39.0 Å². The van der Waals surface area contributed by atoms with Gasteiger partial charge in [-0.15, -0.1) is 0 Å². The number of piperidine rings is 1. The maximum Gasteiger partial charge on any atom is 0.330 e. The van der Waals surface area contributed by atoms with E-state index in [0.717, 1.165) is 32.1 Å².